The fourth-order valence-corrected chi connectivity index (χ4v) is 3.39. The molecule has 0 bridgehead atoms. The molecule has 9 heteroatoms. The second kappa shape index (κ2) is 6.06. The van der Waals surface area contributed by atoms with Crippen LogP contribution in [-0.2, 0) is 0 Å². The molecule has 0 fully saturated rings. The molecule has 5 N–H and O–H groups in total. The maximum atomic E-state index is 4.69. The van der Waals surface area contributed by atoms with Crippen molar-refractivity contribution in [3.63, 3.8) is 0 Å². The van der Waals surface area contributed by atoms with Crippen LogP contribution in [0.4, 0.5) is 23.1 Å². The Labute approximate surface area is 163 Å². The van der Waals surface area contributed by atoms with E-state index in [2.05, 4.69) is 41.0 Å². The standard InChI is InChI=1S/C20H15N9/c1-3-13(7-16-11(1)9-22-28-16)24-19-15-5-6-21-18(15)26-20(27-19)25-14-4-2-12-10-23-29-17(12)8-14/h1-10H,(H,22,28)(H,23,29)(H3,21,24,25,26,27). The monoisotopic (exact) mass is 381 g/mol. The van der Waals surface area contributed by atoms with Crippen LogP contribution in [0.5, 0.6) is 0 Å². The first kappa shape index (κ1) is 15.6. The average molecular weight is 381 g/mol. The molecule has 9 nitrogen and oxygen atoms in total. The number of nitrogens with one attached hydrogen (secondary N) is 5. The first-order valence-electron chi connectivity index (χ1n) is 9.07. The van der Waals surface area contributed by atoms with Crippen LogP contribution in [0.25, 0.3) is 32.8 Å². The fraction of sp³-hybridized carbons (Fsp3) is 0. The zero-order valence-electron chi connectivity index (χ0n) is 15.1. The van der Waals surface area contributed by atoms with Gasteiger partial charge in [0, 0.05) is 28.3 Å². The summed E-state index contributed by atoms with van der Waals surface area (Å²) in [5.74, 6) is 1.20. The van der Waals surface area contributed by atoms with E-state index in [1.807, 2.05) is 48.7 Å². The number of hydrogen-bond donors (Lipinski definition) is 5. The summed E-state index contributed by atoms with van der Waals surface area (Å²) in [5, 5.41) is 23.8. The minimum atomic E-state index is 0.490. The molecular formula is C20H15N9. The highest BCUT2D eigenvalue weighted by Gasteiger charge is 2.10. The van der Waals surface area contributed by atoms with Gasteiger partial charge in [0.25, 0.3) is 0 Å². The van der Waals surface area contributed by atoms with Gasteiger partial charge in [0.1, 0.15) is 11.5 Å². The molecule has 0 spiro atoms. The number of aromatic nitrogens is 7. The van der Waals surface area contributed by atoms with Gasteiger partial charge in [0.05, 0.1) is 28.8 Å². The van der Waals surface area contributed by atoms with Crippen molar-refractivity contribution in [1.82, 2.24) is 35.3 Å². The summed E-state index contributed by atoms with van der Waals surface area (Å²) in [6.07, 6.45) is 5.44. The lowest BCUT2D eigenvalue weighted by molar-refractivity contribution is 1.12. The Kier molecular flexibility index (Phi) is 3.27. The van der Waals surface area contributed by atoms with E-state index in [0.717, 1.165) is 44.2 Å². The van der Waals surface area contributed by atoms with Crippen molar-refractivity contribution in [3.05, 3.63) is 61.1 Å². The molecule has 0 aliphatic carbocycles. The van der Waals surface area contributed by atoms with E-state index in [9.17, 15) is 0 Å². The van der Waals surface area contributed by atoms with Crippen molar-refractivity contribution in [2.24, 2.45) is 0 Å². The lowest BCUT2D eigenvalue weighted by Gasteiger charge is -2.10. The largest absolute Gasteiger partial charge is 0.346 e. The van der Waals surface area contributed by atoms with Crippen molar-refractivity contribution < 1.29 is 0 Å². The maximum absolute atomic E-state index is 4.69. The van der Waals surface area contributed by atoms with E-state index < -0.39 is 0 Å². The molecule has 140 valence electrons. The Bertz CT molecular complexity index is 1470. The molecule has 2 aromatic carbocycles. The van der Waals surface area contributed by atoms with E-state index >= 15 is 0 Å². The third kappa shape index (κ3) is 2.72. The highest BCUT2D eigenvalue weighted by molar-refractivity contribution is 5.92. The molecule has 0 amide bonds. The van der Waals surface area contributed by atoms with Crippen molar-refractivity contribution in [1.29, 1.82) is 0 Å². The molecule has 4 heterocycles. The summed E-state index contributed by atoms with van der Waals surface area (Å²) >= 11 is 0. The third-order valence-corrected chi connectivity index (χ3v) is 4.82. The number of H-pyrrole nitrogens is 3. The summed E-state index contributed by atoms with van der Waals surface area (Å²) < 4.78 is 0. The Morgan fingerprint density at radius 2 is 1.41 bits per heavy atom. The van der Waals surface area contributed by atoms with Crippen LogP contribution in [0.3, 0.4) is 0 Å². The summed E-state index contributed by atoms with van der Waals surface area (Å²) in [7, 11) is 0. The molecule has 6 rings (SSSR count). The van der Waals surface area contributed by atoms with E-state index in [-0.39, 0.29) is 0 Å². The van der Waals surface area contributed by atoms with Crippen LogP contribution in [0, 0.1) is 0 Å². The molecule has 0 aliphatic rings. The lowest BCUT2D eigenvalue weighted by Crippen LogP contribution is -2.02. The molecule has 0 radical (unpaired) electrons. The Hall–Kier alpha value is -4.40. The second-order valence-corrected chi connectivity index (χ2v) is 6.73. The van der Waals surface area contributed by atoms with Gasteiger partial charge in [0.2, 0.25) is 5.95 Å². The smallest absolute Gasteiger partial charge is 0.231 e. The molecule has 0 unspecified atom stereocenters. The van der Waals surface area contributed by atoms with E-state index in [4.69, 9.17) is 4.98 Å². The minimum Gasteiger partial charge on any atom is -0.346 e. The van der Waals surface area contributed by atoms with Gasteiger partial charge in [-0.25, -0.2) is 0 Å². The highest BCUT2D eigenvalue weighted by Crippen LogP contribution is 2.27. The van der Waals surface area contributed by atoms with Crippen molar-refractivity contribution >= 4 is 56.0 Å². The summed E-state index contributed by atoms with van der Waals surface area (Å²) in [6.45, 7) is 0. The average Bonchev–Trinajstić information content (AvgIpc) is 3.47. The van der Waals surface area contributed by atoms with E-state index in [1.165, 1.54) is 0 Å². The number of rotatable bonds is 4. The van der Waals surface area contributed by atoms with E-state index in [1.54, 1.807) is 12.4 Å². The van der Waals surface area contributed by atoms with Gasteiger partial charge in [0.15, 0.2) is 0 Å². The Balaban J connectivity index is 1.38. The summed E-state index contributed by atoms with van der Waals surface area (Å²) in [6, 6.07) is 13.9. The zero-order valence-corrected chi connectivity index (χ0v) is 15.1. The van der Waals surface area contributed by atoms with E-state index in [0.29, 0.717) is 11.8 Å². The molecule has 0 aliphatic heterocycles. The lowest BCUT2D eigenvalue weighted by atomic mass is 10.2. The van der Waals surface area contributed by atoms with Crippen LogP contribution in [-0.4, -0.2) is 35.3 Å². The van der Waals surface area contributed by atoms with Crippen LogP contribution in [0.15, 0.2) is 61.1 Å². The van der Waals surface area contributed by atoms with Gasteiger partial charge in [-0.2, -0.15) is 20.2 Å². The summed E-state index contributed by atoms with van der Waals surface area (Å²) in [4.78, 5) is 12.4. The molecule has 0 saturated carbocycles. The topological polar surface area (TPSA) is 123 Å². The second-order valence-electron chi connectivity index (χ2n) is 6.73. The fourth-order valence-electron chi connectivity index (χ4n) is 3.39. The van der Waals surface area contributed by atoms with Gasteiger partial charge < -0.3 is 15.6 Å². The number of anilines is 4. The van der Waals surface area contributed by atoms with Gasteiger partial charge in [-0.15, -0.1) is 0 Å². The number of aromatic amines is 3. The van der Waals surface area contributed by atoms with Gasteiger partial charge in [-0.3, -0.25) is 10.2 Å². The molecule has 29 heavy (non-hydrogen) atoms. The first-order chi connectivity index (χ1) is 14.3. The third-order valence-electron chi connectivity index (χ3n) is 4.82. The van der Waals surface area contributed by atoms with Crippen LogP contribution in [0.1, 0.15) is 0 Å². The minimum absolute atomic E-state index is 0.490. The highest BCUT2D eigenvalue weighted by atomic mass is 15.2. The van der Waals surface area contributed by atoms with Crippen molar-refractivity contribution in [2.75, 3.05) is 10.6 Å². The van der Waals surface area contributed by atoms with Gasteiger partial charge in [-0.1, -0.05) is 0 Å². The Morgan fingerprint density at radius 1 is 0.724 bits per heavy atom. The SMILES string of the molecule is c1cc2c(Nc3ccc4cn[nH]c4c3)nc(Nc3ccc4cn[nH]c4c3)nc2[nH]1. The number of hydrogen-bond acceptors (Lipinski definition) is 6. The number of benzene rings is 2. The predicted octanol–water partition coefficient (Wildman–Crippen LogP) is 4.20. The molecule has 4 aromatic heterocycles. The van der Waals surface area contributed by atoms with Crippen LogP contribution in [0.2, 0.25) is 0 Å². The van der Waals surface area contributed by atoms with Crippen LogP contribution < -0.4 is 10.6 Å². The quantitative estimate of drug-likeness (QED) is 0.312. The molecular weight excluding hydrogens is 366 g/mol. The molecule has 0 atom stereocenters. The predicted molar refractivity (Wildman–Crippen MR) is 113 cm³/mol. The Morgan fingerprint density at radius 3 is 2.14 bits per heavy atom. The maximum Gasteiger partial charge on any atom is 0.231 e. The molecule has 0 saturated heterocycles. The zero-order chi connectivity index (χ0) is 19.2. The number of fused-ring (bicyclic) bond motifs is 3. The van der Waals surface area contributed by atoms with Crippen LogP contribution >= 0.6 is 0 Å². The van der Waals surface area contributed by atoms with Crippen molar-refractivity contribution in [2.45, 2.75) is 0 Å². The normalized spacial score (nSPS) is 11.4. The molecule has 6 aromatic rings. The van der Waals surface area contributed by atoms with Crippen molar-refractivity contribution in [3.8, 4) is 0 Å². The summed E-state index contributed by atoms with van der Waals surface area (Å²) in [5.41, 5.74) is 4.43. The number of nitrogens with zero attached hydrogens (tertiary/aromatic N) is 4. The van der Waals surface area contributed by atoms with Gasteiger partial charge >= 0.3 is 0 Å². The first-order valence-corrected chi connectivity index (χ1v) is 9.07. The van der Waals surface area contributed by atoms with Gasteiger partial charge in [-0.05, 0) is 42.5 Å².